The van der Waals surface area contributed by atoms with Crippen molar-refractivity contribution in [2.45, 2.75) is 25.8 Å². The fourth-order valence-corrected chi connectivity index (χ4v) is 2.39. The molecule has 0 unspecified atom stereocenters. The van der Waals surface area contributed by atoms with E-state index in [1.165, 1.54) is 16.5 Å². The monoisotopic (exact) mass is 262 g/mol. The molecular formula is C15H22N2O2. The lowest BCUT2D eigenvalue weighted by molar-refractivity contribution is 0.280. The van der Waals surface area contributed by atoms with Gasteiger partial charge in [0.05, 0.1) is 12.6 Å². The molecule has 0 aliphatic heterocycles. The Balaban J connectivity index is 2.40. The van der Waals surface area contributed by atoms with E-state index in [-0.39, 0.29) is 6.61 Å². The molecule has 19 heavy (non-hydrogen) atoms. The number of aromatic nitrogens is 1. The van der Waals surface area contributed by atoms with Crippen LogP contribution in [0, 0.1) is 0 Å². The Morgan fingerprint density at radius 3 is 2.84 bits per heavy atom. The molecule has 0 radical (unpaired) electrons. The number of benzene rings is 1. The average molecular weight is 262 g/mol. The van der Waals surface area contributed by atoms with Gasteiger partial charge in [0.15, 0.2) is 0 Å². The standard InChI is InChI=1S/C15H22N2O2/c1-19-13-5-6-14-12(4-2-7-16)11-17(8-3-9-18)15(14)10-13/h5-6,10-11,18H,2-4,7-9,16H2,1H3. The number of aliphatic hydroxyl groups is 1. The summed E-state index contributed by atoms with van der Waals surface area (Å²) in [5, 5.41) is 10.3. The van der Waals surface area contributed by atoms with Crippen molar-refractivity contribution >= 4 is 10.9 Å². The van der Waals surface area contributed by atoms with Gasteiger partial charge in [0.2, 0.25) is 0 Å². The van der Waals surface area contributed by atoms with Gasteiger partial charge in [-0.25, -0.2) is 0 Å². The zero-order chi connectivity index (χ0) is 13.7. The van der Waals surface area contributed by atoms with Crippen LogP contribution in [0.3, 0.4) is 0 Å². The van der Waals surface area contributed by atoms with Gasteiger partial charge in [-0.1, -0.05) is 0 Å². The lowest BCUT2D eigenvalue weighted by Crippen LogP contribution is -2.00. The highest BCUT2D eigenvalue weighted by Crippen LogP contribution is 2.27. The van der Waals surface area contributed by atoms with Crippen LogP contribution in [-0.2, 0) is 13.0 Å². The smallest absolute Gasteiger partial charge is 0.120 e. The van der Waals surface area contributed by atoms with E-state index < -0.39 is 0 Å². The zero-order valence-corrected chi connectivity index (χ0v) is 11.4. The molecule has 0 aliphatic carbocycles. The first kappa shape index (κ1) is 13.9. The van der Waals surface area contributed by atoms with Gasteiger partial charge >= 0.3 is 0 Å². The van der Waals surface area contributed by atoms with E-state index in [0.29, 0.717) is 6.54 Å². The molecule has 2 aromatic rings. The summed E-state index contributed by atoms with van der Waals surface area (Å²) in [5.74, 6) is 0.862. The molecule has 0 fully saturated rings. The normalized spacial score (nSPS) is 11.1. The first-order chi connectivity index (χ1) is 9.30. The Kier molecular flexibility index (Phi) is 4.82. The number of methoxy groups -OCH3 is 1. The Morgan fingerprint density at radius 1 is 1.32 bits per heavy atom. The molecule has 3 N–H and O–H groups in total. The van der Waals surface area contributed by atoms with Gasteiger partial charge in [-0.05, 0) is 43.5 Å². The molecule has 0 spiro atoms. The zero-order valence-electron chi connectivity index (χ0n) is 11.4. The molecule has 0 saturated heterocycles. The van der Waals surface area contributed by atoms with Gasteiger partial charge in [-0.15, -0.1) is 0 Å². The highest BCUT2D eigenvalue weighted by atomic mass is 16.5. The summed E-state index contributed by atoms with van der Waals surface area (Å²) in [7, 11) is 1.68. The van der Waals surface area contributed by atoms with Gasteiger partial charge in [-0.2, -0.15) is 0 Å². The molecule has 0 aliphatic rings. The van der Waals surface area contributed by atoms with E-state index in [1.54, 1.807) is 7.11 Å². The van der Waals surface area contributed by atoms with Crippen molar-refractivity contribution < 1.29 is 9.84 Å². The third kappa shape index (κ3) is 3.08. The lowest BCUT2D eigenvalue weighted by atomic mass is 10.1. The van der Waals surface area contributed by atoms with Gasteiger partial charge in [0.1, 0.15) is 5.75 Å². The maximum absolute atomic E-state index is 8.99. The number of hydrogen-bond donors (Lipinski definition) is 2. The van der Waals surface area contributed by atoms with Crippen LogP contribution in [0.2, 0.25) is 0 Å². The predicted molar refractivity (Wildman–Crippen MR) is 77.6 cm³/mol. The van der Waals surface area contributed by atoms with Gasteiger partial charge < -0.3 is 20.1 Å². The molecule has 0 bridgehead atoms. The SMILES string of the molecule is COc1ccc2c(CCCN)cn(CCCO)c2c1. The molecule has 4 nitrogen and oxygen atoms in total. The summed E-state index contributed by atoms with van der Waals surface area (Å²) in [6.07, 6.45) is 4.92. The van der Waals surface area contributed by atoms with Crippen LogP contribution >= 0.6 is 0 Å². The Morgan fingerprint density at radius 2 is 2.16 bits per heavy atom. The second-order valence-electron chi connectivity index (χ2n) is 4.70. The van der Waals surface area contributed by atoms with Crippen molar-refractivity contribution in [1.82, 2.24) is 4.57 Å². The van der Waals surface area contributed by atoms with Crippen LogP contribution < -0.4 is 10.5 Å². The summed E-state index contributed by atoms with van der Waals surface area (Å²) in [6, 6.07) is 6.15. The summed E-state index contributed by atoms with van der Waals surface area (Å²) >= 11 is 0. The quantitative estimate of drug-likeness (QED) is 0.801. The van der Waals surface area contributed by atoms with Crippen LogP contribution in [-0.4, -0.2) is 29.9 Å². The van der Waals surface area contributed by atoms with E-state index >= 15 is 0 Å². The molecule has 1 aromatic heterocycles. The maximum atomic E-state index is 8.99. The van der Waals surface area contributed by atoms with Crippen LogP contribution in [0.25, 0.3) is 10.9 Å². The van der Waals surface area contributed by atoms with Gasteiger partial charge in [-0.3, -0.25) is 0 Å². The van der Waals surface area contributed by atoms with E-state index in [9.17, 15) is 0 Å². The fourth-order valence-electron chi connectivity index (χ4n) is 2.39. The number of fused-ring (bicyclic) bond motifs is 1. The minimum atomic E-state index is 0.210. The van der Waals surface area contributed by atoms with Crippen molar-refractivity contribution in [3.05, 3.63) is 30.0 Å². The molecule has 0 atom stereocenters. The number of aliphatic hydroxyl groups excluding tert-OH is 1. The first-order valence-corrected chi connectivity index (χ1v) is 6.77. The number of rotatable bonds is 7. The largest absolute Gasteiger partial charge is 0.497 e. The predicted octanol–water partition coefficient (Wildman–Crippen LogP) is 1.92. The Hall–Kier alpha value is -1.52. The highest BCUT2D eigenvalue weighted by Gasteiger charge is 2.09. The van der Waals surface area contributed by atoms with E-state index in [2.05, 4.69) is 22.9 Å². The number of aryl methyl sites for hydroxylation is 2. The summed E-state index contributed by atoms with van der Waals surface area (Å²) in [4.78, 5) is 0. The number of nitrogens with zero attached hydrogens (tertiary/aromatic N) is 1. The second kappa shape index (κ2) is 6.59. The minimum Gasteiger partial charge on any atom is -0.497 e. The summed E-state index contributed by atoms with van der Waals surface area (Å²) in [5.41, 5.74) is 8.08. The Labute approximate surface area is 113 Å². The fraction of sp³-hybridized carbons (Fsp3) is 0.467. The molecule has 4 heteroatoms. The summed E-state index contributed by atoms with van der Waals surface area (Å²) in [6.45, 7) is 1.74. The van der Waals surface area contributed by atoms with E-state index in [4.69, 9.17) is 15.6 Å². The molecule has 2 rings (SSSR count). The first-order valence-electron chi connectivity index (χ1n) is 6.77. The second-order valence-corrected chi connectivity index (χ2v) is 4.70. The molecular weight excluding hydrogens is 240 g/mol. The van der Waals surface area contributed by atoms with E-state index in [1.807, 2.05) is 6.07 Å². The van der Waals surface area contributed by atoms with Crippen molar-refractivity contribution in [3.63, 3.8) is 0 Å². The third-order valence-electron chi connectivity index (χ3n) is 3.38. The van der Waals surface area contributed by atoms with Crippen LogP contribution in [0.1, 0.15) is 18.4 Å². The van der Waals surface area contributed by atoms with E-state index in [0.717, 1.165) is 31.6 Å². The van der Waals surface area contributed by atoms with Crippen molar-refractivity contribution in [3.8, 4) is 5.75 Å². The number of ether oxygens (including phenoxy) is 1. The Bertz CT molecular complexity index is 534. The molecule has 104 valence electrons. The third-order valence-corrected chi connectivity index (χ3v) is 3.38. The van der Waals surface area contributed by atoms with Crippen LogP contribution in [0.5, 0.6) is 5.75 Å². The number of hydrogen-bond acceptors (Lipinski definition) is 3. The highest BCUT2D eigenvalue weighted by molar-refractivity contribution is 5.85. The van der Waals surface area contributed by atoms with Crippen LogP contribution in [0.4, 0.5) is 0 Å². The molecule has 0 saturated carbocycles. The minimum absolute atomic E-state index is 0.210. The molecule has 1 aromatic carbocycles. The average Bonchev–Trinajstić information content (AvgIpc) is 2.80. The van der Waals surface area contributed by atoms with Crippen molar-refractivity contribution in [2.24, 2.45) is 5.73 Å². The number of nitrogens with two attached hydrogens (primary N) is 1. The summed E-state index contributed by atoms with van der Waals surface area (Å²) < 4.78 is 7.48. The molecule has 1 heterocycles. The van der Waals surface area contributed by atoms with Gasteiger partial charge in [0, 0.05) is 30.8 Å². The van der Waals surface area contributed by atoms with Crippen molar-refractivity contribution in [1.29, 1.82) is 0 Å². The van der Waals surface area contributed by atoms with Crippen LogP contribution in [0.15, 0.2) is 24.4 Å². The lowest BCUT2D eigenvalue weighted by Gasteiger charge is -2.05. The van der Waals surface area contributed by atoms with Crippen molar-refractivity contribution in [2.75, 3.05) is 20.3 Å². The topological polar surface area (TPSA) is 60.4 Å². The molecule has 0 amide bonds. The van der Waals surface area contributed by atoms with Gasteiger partial charge in [0.25, 0.3) is 0 Å². The maximum Gasteiger partial charge on any atom is 0.120 e.